The van der Waals surface area contributed by atoms with Crippen molar-refractivity contribution in [3.63, 3.8) is 0 Å². The highest BCUT2D eigenvalue weighted by Crippen LogP contribution is 2.61. The van der Waals surface area contributed by atoms with E-state index in [-0.39, 0.29) is 23.4 Å². The fourth-order valence-electron chi connectivity index (χ4n) is 5.19. The number of hydrogen-bond acceptors (Lipinski definition) is 4. The SMILES string of the molecule is CC1(C)CCC[C@@]2(C)C1CC[C@@](C)(O)C2COS(C)(=O)=O. The van der Waals surface area contributed by atoms with Gasteiger partial charge in [0.25, 0.3) is 10.1 Å². The molecule has 0 bridgehead atoms. The van der Waals surface area contributed by atoms with Crippen LogP contribution < -0.4 is 0 Å². The van der Waals surface area contributed by atoms with Crippen LogP contribution in [0.1, 0.15) is 59.8 Å². The molecular formula is C16H30O4S. The molecule has 2 aliphatic rings. The van der Waals surface area contributed by atoms with Crippen LogP contribution in [0.3, 0.4) is 0 Å². The standard InChI is InChI=1S/C16H30O4S/c1-14(2)8-6-9-15(3)12(14)7-10-16(4,17)13(15)11-20-21(5,18)19/h12-13,17H,6-11H2,1-5H3/t12?,13?,15-,16+/m0/s1. The van der Waals surface area contributed by atoms with E-state index in [1.54, 1.807) is 0 Å². The Hall–Kier alpha value is -0.130. The molecule has 124 valence electrons. The van der Waals surface area contributed by atoms with Gasteiger partial charge in [0.15, 0.2) is 0 Å². The van der Waals surface area contributed by atoms with Gasteiger partial charge in [0.2, 0.25) is 0 Å². The maximum absolute atomic E-state index is 11.4. The normalized spacial score (nSPS) is 43.3. The zero-order valence-electron chi connectivity index (χ0n) is 14.0. The predicted octanol–water partition coefficient (Wildman–Crippen LogP) is 2.96. The predicted molar refractivity (Wildman–Crippen MR) is 83.4 cm³/mol. The molecule has 2 fully saturated rings. The maximum atomic E-state index is 11.4. The number of rotatable bonds is 3. The van der Waals surface area contributed by atoms with Gasteiger partial charge in [-0.2, -0.15) is 8.42 Å². The van der Waals surface area contributed by atoms with Crippen molar-refractivity contribution in [2.75, 3.05) is 12.9 Å². The fraction of sp³-hybridized carbons (Fsp3) is 1.00. The first kappa shape index (κ1) is 17.2. The molecule has 0 aromatic carbocycles. The minimum atomic E-state index is -3.48. The molecule has 1 N–H and O–H groups in total. The van der Waals surface area contributed by atoms with Gasteiger partial charge in [0, 0.05) is 5.92 Å². The van der Waals surface area contributed by atoms with Crippen molar-refractivity contribution >= 4 is 10.1 Å². The molecule has 5 heteroatoms. The molecule has 0 spiro atoms. The van der Waals surface area contributed by atoms with E-state index in [0.717, 1.165) is 25.5 Å². The second-order valence-corrected chi connectivity index (χ2v) is 9.98. The summed E-state index contributed by atoms with van der Waals surface area (Å²) in [5, 5.41) is 10.8. The smallest absolute Gasteiger partial charge is 0.264 e. The van der Waals surface area contributed by atoms with Gasteiger partial charge < -0.3 is 5.11 Å². The fourth-order valence-corrected chi connectivity index (χ4v) is 5.57. The third kappa shape index (κ3) is 3.30. The van der Waals surface area contributed by atoms with Crippen LogP contribution in [0, 0.1) is 22.7 Å². The molecule has 2 aliphatic carbocycles. The Bertz CT molecular complexity index is 494. The summed E-state index contributed by atoms with van der Waals surface area (Å²) in [7, 11) is -3.48. The summed E-state index contributed by atoms with van der Waals surface area (Å²) in [5.41, 5.74) is -0.676. The van der Waals surface area contributed by atoms with Crippen LogP contribution in [0.25, 0.3) is 0 Å². The van der Waals surface area contributed by atoms with Gasteiger partial charge >= 0.3 is 0 Å². The Morgan fingerprint density at radius 3 is 2.33 bits per heavy atom. The quantitative estimate of drug-likeness (QED) is 0.813. The van der Waals surface area contributed by atoms with Crippen LogP contribution in [-0.2, 0) is 14.3 Å². The first-order valence-corrected chi connectivity index (χ1v) is 9.77. The summed E-state index contributed by atoms with van der Waals surface area (Å²) >= 11 is 0. The topological polar surface area (TPSA) is 63.6 Å². The van der Waals surface area contributed by atoms with Gasteiger partial charge in [-0.3, -0.25) is 4.18 Å². The zero-order valence-corrected chi connectivity index (χ0v) is 14.8. The lowest BCUT2D eigenvalue weighted by Crippen LogP contribution is -2.59. The molecule has 0 aromatic rings. The van der Waals surface area contributed by atoms with E-state index < -0.39 is 15.7 Å². The Morgan fingerprint density at radius 2 is 1.76 bits per heavy atom. The lowest BCUT2D eigenvalue weighted by molar-refractivity contribution is -0.175. The molecule has 0 aromatic heterocycles. The molecule has 21 heavy (non-hydrogen) atoms. The van der Waals surface area contributed by atoms with E-state index in [2.05, 4.69) is 20.8 Å². The van der Waals surface area contributed by atoms with E-state index in [1.165, 1.54) is 6.42 Å². The van der Waals surface area contributed by atoms with Gasteiger partial charge in [-0.05, 0) is 49.4 Å². The summed E-state index contributed by atoms with van der Waals surface area (Å²) in [6.45, 7) is 8.77. The molecule has 2 rings (SSSR count). The van der Waals surface area contributed by atoms with Crippen LogP contribution in [0.5, 0.6) is 0 Å². The van der Waals surface area contributed by atoms with E-state index >= 15 is 0 Å². The lowest BCUT2D eigenvalue weighted by atomic mass is 9.46. The molecule has 4 nitrogen and oxygen atoms in total. The van der Waals surface area contributed by atoms with Gasteiger partial charge in [-0.15, -0.1) is 0 Å². The summed E-state index contributed by atoms with van der Waals surface area (Å²) in [6, 6.07) is 0. The van der Waals surface area contributed by atoms with Crippen LogP contribution in [-0.4, -0.2) is 32.0 Å². The summed E-state index contributed by atoms with van der Waals surface area (Å²) in [5.74, 6) is 0.366. The van der Waals surface area contributed by atoms with Gasteiger partial charge in [-0.25, -0.2) is 0 Å². The van der Waals surface area contributed by atoms with Crippen LogP contribution in [0.4, 0.5) is 0 Å². The van der Waals surface area contributed by atoms with E-state index in [0.29, 0.717) is 12.3 Å². The minimum absolute atomic E-state index is 0.0613. The van der Waals surface area contributed by atoms with Crippen molar-refractivity contribution in [1.29, 1.82) is 0 Å². The van der Waals surface area contributed by atoms with E-state index in [9.17, 15) is 13.5 Å². The highest BCUT2D eigenvalue weighted by atomic mass is 32.2. The van der Waals surface area contributed by atoms with Crippen LogP contribution in [0.15, 0.2) is 0 Å². The number of fused-ring (bicyclic) bond motifs is 1. The van der Waals surface area contributed by atoms with Gasteiger partial charge in [-0.1, -0.05) is 27.2 Å². The molecular weight excluding hydrogens is 288 g/mol. The van der Waals surface area contributed by atoms with Crippen molar-refractivity contribution in [3.8, 4) is 0 Å². The molecule has 0 heterocycles. The molecule has 0 amide bonds. The Labute approximate surface area is 129 Å². The third-order valence-electron chi connectivity index (χ3n) is 6.21. The van der Waals surface area contributed by atoms with E-state index in [4.69, 9.17) is 4.18 Å². The molecule has 0 saturated heterocycles. The van der Waals surface area contributed by atoms with Crippen molar-refractivity contribution in [2.24, 2.45) is 22.7 Å². The maximum Gasteiger partial charge on any atom is 0.264 e. The largest absolute Gasteiger partial charge is 0.390 e. The van der Waals surface area contributed by atoms with Crippen molar-refractivity contribution in [1.82, 2.24) is 0 Å². The average Bonchev–Trinajstić information content (AvgIpc) is 2.23. The zero-order chi connectivity index (χ0) is 16.1. The summed E-state index contributed by atoms with van der Waals surface area (Å²) in [6.07, 6.45) is 6.17. The lowest BCUT2D eigenvalue weighted by Gasteiger charge is -2.60. The molecule has 0 radical (unpaired) electrons. The van der Waals surface area contributed by atoms with Crippen LogP contribution >= 0.6 is 0 Å². The summed E-state index contributed by atoms with van der Waals surface area (Å²) in [4.78, 5) is 0. The highest BCUT2D eigenvalue weighted by Gasteiger charge is 2.58. The van der Waals surface area contributed by atoms with Crippen molar-refractivity contribution < 1.29 is 17.7 Å². The average molecular weight is 318 g/mol. The van der Waals surface area contributed by atoms with Crippen molar-refractivity contribution in [3.05, 3.63) is 0 Å². The Morgan fingerprint density at radius 1 is 1.14 bits per heavy atom. The molecule has 2 unspecified atom stereocenters. The van der Waals surface area contributed by atoms with Crippen molar-refractivity contribution in [2.45, 2.75) is 65.4 Å². The first-order valence-electron chi connectivity index (χ1n) is 7.95. The van der Waals surface area contributed by atoms with Gasteiger partial charge in [0.1, 0.15) is 0 Å². The first-order chi connectivity index (χ1) is 9.39. The van der Waals surface area contributed by atoms with E-state index in [1.807, 2.05) is 6.92 Å². The monoisotopic (exact) mass is 318 g/mol. The molecule has 2 saturated carbocycles. The van der Waals surface area contributed by atoms with Crippen LogP contribution in [0.2, 0.25) is 0 Å². The second kappa shape index (κ2) is 5.20. The molecule has 0 aliphatic heterocycles. The summed E-state index contributed by atoms with van der Waals surface area (Å²) < 4.78 is 27.8. The number of hydrogen-bond donors (Lipinski definition) is 1. The molecule has 4 atom stereocenters. The Kier molecular flexibility index (Phi) is 4.27. The third-order valence-corrected chi connectivity index (χ3v) is 6.77. The second-order valence-electron chi connectivity index (χ2n) is 8.34. The Balaban J connectivity index is 2.32. The minimum Gasteiger partial charge on any atom is -0.390 e. The van der Waals surface area contributed by atoms with Gasteiger partial charge in [0.05, 0.1) is 18.5 Å². The highest BCUT2D eigenvalue weighted by molar-refractivity contribution is 7.85. The number of aliphatic hydroxyl groups is 1.